The number of ketones is 1. The molecular formula is C23H28FN2O4+. The predicted molar refractivity (Wildman–Crippen MR) is 112 cm³/mol. The summed E-state index contributed by atoms with van der Waals surface area (Å²) < 4.78 is 31.0. The summed E-state index contributed by atoms with van der Waals surface area (Å²) in [6.07, 6.45) is 0.693. The summed E-state index contributed by atoms with van der Waals surface area (Å²) in [7, 11) is 0. The maximum absolute atomic E-state index is 13.2. The first kappa shape index (κ1) is 21.8. The second-order valence-electron chi connectivity index (χ2n) is 7.42. The summed E-state index contributed by atoms with van der Waals surface area (Å²) in [5.41, 5.74) is 7.07. The first-order valence-electron chi connectivity index (χ1n) is 10.1. The van der Waals surface area contributed by atoms with Crippen LogP contribution in [0.3, 0.4) is 0 Å². The van der Waals surface area contributed by atoms with Crippen molar-refractivity contribution >= 4 is 16.9 Å². The van der Waals surface area contributed by atoms with Gasteiger partial charge in [-0.15, -0.1) is 0 Å². The average molecular weight is 415 g/mol. The number of halogens is 1. The second-order valence-corrected chi connectivity index (χ2v) is 7.42. The Labute approximate surface area is 175 Å². The Morgan fingerprint density at radius 1 is 1.17 bits per heavy atom. The molecule has 0 bridgehead atoms. The molecule has 0 saturated heterocycles. The molecule has 0 saturated carbocycles. The number of rotatable bonds is 9. The monoisotopic (exact) mass is 415 g/mol. The number of aromatic nitrogens is 1. The third-order valence-corrected chi connectivity index (χ3v) is 5.08. The number of fused-ring (bicyclic) bond motifs is 1. The molecule has 2 aromatic carbocycles. The van der Waals surface area contributed by atoms with Gasteiger partial charge in [-0.25, -0.2) is 9.37 Å². The Hall–Kier alpha value is -2.93. The summed E-state index contributed by atoms with van der Waals surface area (Å²) in [6.45, 7) is 8.40. The first-order chi connectivity index (χ1) is 14.3. The lowest BCUT2D eigenvalue weighted by Crippen LogP contribution is -2.52. The number of benzene rings is 2. The van der Waals surface area contributed by atoms with Gasteiger partial charge in [0.05, 0.1) is 12.2 Å². The molecule has 1 aromatic heterocycles. The molecular weight excluding hydrogens is 387 g/mol. The Balaban J connectivity index is 1.93. The molecule has 3 aromatic rings. The molecule has 3 rings (SSSR count). The average Bonchev–Trinajstić information content (AvgIpc) is 3.10. The zero-order valence-corrected chi connectivity index (χ0v) is 17.9. The minimum atomic E-state index is -0.256. The van der Waals surface area contributed by atoms with E-state index in [2.05, 4.69) is 17.6 Å². The van der Waals surface area contributed by atoms with Gasteiger partial charge < -0.3 is 19.6 Å². The number of aryl methyl sites for hydroxylation is 2. The van der Waals surface area contributed by atoms with E-state index in [9.17, 15) is 9.18 Å². The normalized spacial score (nSPS) is 12.2. The van der Waals surface area contributed by atoms with Crippen molar-refractivity contribution in [2.45, 2.75) is 40.0 Å². The summed E-state index contributed by atoms with van der Waals surface area (Å²) in [4.78, 5) is 16.8. The number of quaternary nitrogens is 1. The van der Waals surface area contributed by atoms with E-state index in [4.69, 9.17) is 13.9 Å². The molecule has 160 valence electrons. The van der Waals surface area contributed by atoms with Crippen molar-refractivity contribution in [3.05, 3.63) is 52.7 Å². The van der Waals surface area contributed by atoms with Crippen LogP contribution in [-0.2, 0) is 0 Å². The van der Waals surface area contributed by atoms with Crippen molar-refractivity contribution in [2.24, 2.45) is 0 Å². The van der Waals surface area contributed by atoms with Crippen LogP contribution in [0.25, 0.3) is 11.1 Å². The highest BCUT2D eigenvalue weighted by atomic mass is 19.1. The first-order valence-corrected chi connectivity index (χ1v) is 10.1. The van der Waals surface area contributed by atoms with Crippen LogP contribution in [0.1, 0.15) is 53.6 Å². The maximum atomic E-state index is 13.2. The summed E-state index contributed by atoms with van der Waals surface area (Å²) in [5.74, 6) is 1.04. The number of carbonyl (C=O) groups is 1. The number of carbonyl (C=O) groups excluding carboxylic acids is 1. The molecule has 7 heteroatoms. The highest BCUT2D eigenvalue weighted by Gasteiger charge is 2.26. The summed E-state index contributed by atoms with van der Waals surface area (Å²) in [6, 6.07) is 6.47. The van der Waals surface area contributed by atoms with Crippen LogP contribution in [0.5, 0.6) is 11.5 Å². The van der Waals surface area contributed by atoms with Gasteiger partial charge in [-0.1, -0.05) is 19.1 Å². The molecule has 1 atom stereocenters. The maximum Gasteiger partial charge on any atom is 0.207 e. The number of nitrogens with zero attached hydrogens (tertiary/aromatic N) is 1. The van der Waals surface area contributed by atoms with Gasteiger partial charge in [0.1, 0.15) is 24.5 Å². The van der Waals surface area contributed by atoms with E-state index in [-0.39, 0.29) is 17.5 Å². The number of oxazole rings is 1. The van der Waals surface area contributed by atoms with Crippen LogP contribution in [0, 0.1) is 19.7 Å². The van der Waals surface area contributed by atoms with Crippen molar-refractivity contribution in [3.8, 4) is 11.5 Å². The minimum Gasteiger partial charge on any atom is -0.486 e. The minimum absolute atomic E-state index is 0.126. The van der Waals surface area contributed by atoms with E-state index in [1.165, 1.54) is 19.1 Å². The Kier molecular flexibility index (Phi) is 6.72. The lowest BCUT2D eigenvalue weighted by molar-refractivity contribution is -0.370. The Morgan fingerprint density at radius 3 is 2.47 bits per heavy atom. The van der Waals surface area contributed by atoms with Crippen molar-refractivity contribution < 1.29 is 28.8 Å². The number of hydrogen-bond acceptors (Lipinski definition) is 5. The lowest BCUT2D eigenvalue weighted by Gasteiger charge is -2.18. The fraction of sp³-hybridized carbons (Fsp3) is 0.391. The topological polar surface area (TPSA) is 89.2 Å². The highest BCUT2D eigenvalue weighted by Crippen LogP contribution is 2.42. The van der Waals surface area contributed by atoms with E-state index in [0.717, 1.165) is 5.56 Å². The molecule has 6 nitrogen and oxygen atoms in total. The molecule has 0 aliphatic rings. The van der Waals surface area contributed by atoms with E-state index in [1.54, 1.807) is 19.1 Å². The number of Topliss-reactive ketones (excluding diaryl/α,β-unsaturated/α-hetero) is 1. The standard InChI is InChI=1S/C23H27FN2O4/c1-13(17-5-7-18(24)8-6-17)9-11-28-23-21(29-12-10-25)19(15(3)27)14(2)20-22(23)30-16(4)26-20/h5-8,13H,9-12,25H2,1-4H3/p+1. The third-order valence-electron chi connectivity index (χ3n) is 5.08. The van der Waals surface area contributed by atoms with Gasteiger partial charge in [0.15, 0.2) is 17.4 Å². The zero-order chi connectivity index (χ0) is 21.8. The summed E-state index contributed by atoms with van der Waals surface area (Å²) >= 11 is 0. The van der Waals surface area contributed by atoms with Crippen molar-refractivity contribution in [2.75, 3.05) is 19.8 Å². The molecule has 1 unspecified atom stereocenters. The molecule has 0 radical (unpaired) electrons. The predicted octanol–water partition coefficient (Wildman–Crippen LogP) is 3.98. The molecule has 3 N–H and O–H groups in total. The van der Waals surface area contributed by atoms with Crippen LogP contribution in [0.4, 0.5) is 4.39 Å². The molecule has 1 heterocycles. The van der Waals surface area contributed by atoms with Crippen LogP contribution in [0.15, 0.2) is 28.7 Å². The smallest absolute Gasteiger partial charge is 0.207 e. The van der Waals surface area contributed by atoms with Gasteiger partial charge in [0.2, 0.25) is 11.3 Å². The molecule has 30 heavy (non-hydrogen) atoms. The van der Waals surface area contributed by atoms with Gasteiger partial charge in [-0.3, -0.25) is 4.79 Å². The van der Waals surface area contributed by atoms with Crippen molar-refractivity contribution in [3.63, 3.8) is 0 Å². The SMILES string of the molecule is CC(=O)c1c(OCC[NH3+])c(OCCC(C)c2ccc(F)cc2)c2oc(C)nc2c1C. The summed E-state index contributed by atoms with van der Waals surface area (Å²) in [5, 5.41) is 0. The van der Waals surface area contributed by atoms with Crippen LogP contribution in [-0.4, -0.2) is 30.5 Å². The fourth-order valence-corrected chi connectivity index (χ4v) is 3.50. The third kappa shape index (κ3) is 4.46. The van der Waals surface area contributed by atoms with Gasteiger partial charge in [0, 0.05) is 6.92 Å². The van der Waals surface area contributed by atoms with Crippen molar-refractivity contribution in [1.82, 2.24) is 4.98 Å². The van der Waals surface area contributed by atoms with E-state index in [1.807, 2.05) is 6.92 Å². The highest BCUT2D eigenvalue weighted by molar-refractivity contribution is 6.05. The fourth-order valence-electron chi connectivity index (χ4n) is 3.50. The molecule has 0 fully saturated rings. The quantitative estimate of drug-likeness (QED) is 0.534. The van der Waals surface area contributed by atoms with Crippen molar-refractivity contribution in [1.29, 1.82) is 0 Å². The Morgan fingerprint density at radius 2 is 1.83 bits per heavy atom. The molecule has 0 amide bonds. The Bertz CT molecular complexity index is 1040. The number of hydrogen-bond donors (Lipinski definition) is 1. The van der Waals surface area contributed by atoms with Gasteiger partial charge in [0.25, 0.3) is 0 Å². The number of ether oxygens (including phenoxy) is 2. The van der Waals surface area contributed by atoms with E-state index in [0.29, 0.717) is 65.8 Å². The second kappa shape index (κ2) is 9.26. The van der Waals surface area contributed by atoms with Gasteiger partial charge in [-0.05, 0) is 49.4 Å². The van der Waals surface area contributed by atoms with Crippen LogP contribution < -0.4 is 15.2 Å². The zero-order valence-electron chi connectivity index (χ0n) is 17.9. The van der Waals surface area contributed by atoms with Crippen LogP contribution in [0.2, 0.25) is 0 Å². The van der Waals surface area contributed by atoms with Gasteiger partial charge in [-0.2, -0.15) is 0 Å². The molecule has 0 spiro atoms. The van der Waals surface area contributed by atoms with E-state index < -0.39 is 0 Å². The lowest BCUT2D eigenvalue weighted by atomic mass is 9.98. The van der Waals surface area contributed by atoms with Crippen LogP contribution >= 0.6 is 0 Å². The van der Waals surface area contributed by atoms with Gasteiger partial charge >= 0.3 is 0 Å². The largest absolute Gasteiger partial charge is 0.486 e. The molecule has 0 aliphatic heterocycles. The van der Waals surface area contributed by atoms with E-state index >= 15 is 0 Å². The molecule has 0 aliphatic carbocycles.